The number of likely N-dealkylation sites (tertiary alicyclic amines) is 1. The fourth-order valence-corrected chi connectivity index (χ4v) is 3.54. The lowest BCUT2D eigenvalue weighted by molar-refractivity contribution is 0.208. The van der Waals surface area contributed by atoms with Gasteiger partial charge in [0, 0.05) is 6.54 Å². The molecule has 1 aliphatic rings. The Morgan fingerprint density at radius 3 is 2.85 bits per heavy atom. The Morgan fingerprint density at radius 1 is 1.35 bits per heavy atom. The molecule has 1 saturated heterocycles. The molecule has 0 saturated carbocycles. The molecule has 3 nitrogen and oxygen atoms in total. The van der Waals surface area contributed by atoms with E-state index in [2.05, 4.69) is 27.6 Å². The highest BCUT2D eigenvalue weighted by atomic mass is 35.5. The number of fused-ring (bicyclic) bond motifs is 1. The van der Waals surface area contributed by atoms with Crippen LogP contribution in [0.5, 0.6) is 0 Å². The molecule has 0 spiro atoms. The van der Waals surface area contributed by atoms with E-state index in [4.69, 9.17) is 23.8 Å². The van der Waals surface area contributed by atoms with Crippen molar-refractivity contribution in [2.75, 3.05) is 20.1 Å². The Kier molecular flexibility index (Phi) is 4.15. The van der Waals surface area contributed by atoms with Gasteiger partial charge in [0.2, 0.25) is 0 Å². The van der Waals surface area contributed by atoms with Crippen LogP contribution in [0.4, 0.5) is 0 Å². The van der Waals surface area contributed by atoms with E-state index in [9.17, 15) is 0 Å². The van der Waals surface area contributed by atoms with Gasteiger partial charge in [0.1, 0.15) is 0 Å². The number of aromatic amines is 1. The summed E-state index contributed by atoms with van der Waals surface area (Å²) in [7, 11) is 2.20. The molecule has 0 amide bonds. The average molecular weight is 310 g/mol. The molecule has 1 fully saturated rings. The molecule has 1 aromatic heterocycles. The standard InChI is InChI=1S/C15H20ClN3S/c1-18-8-5-11(6-9-18)7-10-19-13-4-2-3-12(16)14(13)17-15(19)20/h2-4,11H,5-10H2,1H3,(H,17,20). The van der Waals surface area contributed by atoms with Crippen LogP contribution in [0.3, 0.4) is 0 Å². The number of H-pyrrole nitrogens is 1. The molecule has 0 bridgehead atoms. The molecule has 5 heteroatoms. The summed E-state index contributed by atoms with van der Waals surface area (Å²) in [6.07, 6.45) is 3.79. The number of benzene rings is 1. The Balaban J connectivity index is 1.76. The maximum atomic E-state index is 6.21. The number of rotatable bonds is 3. The van der Waals surface area contributed by atoms with Crippen LogP contribution in [0.15, 0.2) is 18.2 Å². The molecule has 3 rings (SSSR count). The molecule has 1 N–H and O–H groups in total. The number of hydrogen-bond acceptors (Lipinski definition) is 2. The lowest BCUT2D eigenvalue weighted by Gasteiger charge is -2.28. The number of piperidine rings is 1. The maximum Gasteiger partial charge on any atom is 0.178 e. The van der Waals surface area contributed by atoms with Gasteiger partial charge >= 0.3 is 0 Å². The third kappa shape index (κ3) is 2.78. The van der Waals surface area contributed by atoms with Crippen molar-refractivity contribution in [3.63, 3.8) is 0 Å². The predicted molar refractivity (Wildman–Crippen MR) is 87.0 cm³/mol. The van der Waals surface area contributed by atoms with Gasteiger partial charge in [-0.1, -0.05) is 17.7 Å². The summed E-state index contributed by atoms with van der Waals surface area (Å²) in [6.45, 7) is 3.42. The number of imidazole rings is 1. The summed E-state index contributed by atoms with van der Waals surface area (Å²) in [5.41, 5.74) is 2.08. The van der Waals surface area contributed by atoms with Gasteiger partial charge in [-0.3, -0.25) is 0 Å². The molecule has 0 radical (unpaired) electrons. The molecule has 0 atom stereocenters. The lowest BCUT2D eigenvalue weighted by atomic mass is 9.94. The second kappa shape index (κ2) is 5.88. The number of halogens is 1. The number of aromatic nitrogens is 2. The Hall–Kier alpha value is -0.840. The van der Waals surface area contributed by atoms with Crippen LogP contribution >= 0.6 is 23.8 Å². The minimum Gasteiger partial charge on any atom is -0.329 e. The first-order valence-corrected chi connectivity index (χ1v) is 7.99. The van der Waals surface area contributed by atoms with Crippen molar-refractivity contribution in [2.45, 2.75) is 25.8 Å². The number of nitrogens with zero attached hydrogens (tertiary/aromatic N) is 2. The van der Waals surface area contributed by atoms with Crippen LogP contribution in [0.1, 0.15) is 19.3 Å². The smallest absolute Gasteiger partial charge is 0.178 e. The summed E-state index contributed by atoms with van der Waals surface area (Å²) >= 11 is 11.6. The van der Waals surface area contributed by atoms with Gasteiger partial charge in [-0.2, -0.15) is 0 Å². The molecular formula is C15H20ClN3S. The van der Waals surface area contributed by atoms with Crippen molar-refractivity contribution in [1.29, 1.82) is 0 Å². The molecular weight excluding hydrogens is 290 g/mol. The maximum absolute atomic E-state index is 6.21. The van der Waals surface area contributed by atoms with Crippen molar-refractivity contribution >= 4 is 34.9 Å². The number of hydrogen-bond donors (Lipinski definition) is 1. The van der Waals surface area contributed by atoms with Crippen molar-refractivity contribution in [3.05, 3.63) is 28.0 Å². The normalized spacial score (nSPS) is 17.9. The van der Waals surface area contributed by atoms with Crippen molar-refractivity contribution in [3.8, 4) is 0 Å². The first-order chi connectivity index (χ1) is 9.65. The van der Waals surface area contributed by atoms with Gasteiger partial charge in [0.25, 0.3) is 0 Å². The minimum atomic E-state index is 0.742. The number of para-hydroxylation sites is 1. The summed E-state index contributed by atoms with van der Waals surface area (Å²) in [4.78, 5) is 5.64. The largest absolute Gasteiger partial charge is 0.329 e. The molecule has 1 aromatic carbocycles. The van der Waals surface area contributed by atoms with E-state index >= 15 is 0 Å². The van der Waals surface area contributed by atoms with Crippen LogP contribution in [0.2, 0.25) is 5.02 Å². The number of nitrogens with one attached hydrogen (secondary N) is 1. The molecule has 20 heavy (non-hydrogen) atoms. The van der Waals surface area contributed by atoms with Gasteiger partial charge in [-0.15, -0.1) is 0 Å². The minimum absolute atomic E-state index is 0.742. The van der Waals surface area contributed by atoms with Crippen molar-refractivity contribution < 1.29 is 0 Å². The Morgan fingerprint density at radius 2 is 2.10 bits per heavy atom. The summed E-state index contributed by atoms with van der Waals surface area (Å²) in [5.74, 6) is 0.817. The van der Waals surface area contributed by atoms with E-state index in [0.717, 1.165) is 33.3 Å². The monoisotopic (exact) mass is 309 g/mol. The third-order valence-electron chi connectivity index (χ3n) is 4.36. The van der Waals surface area contributed by atoms with E-state index in [1.54, 1.807) is 0 Å². The van der Waals surface area contributed by atoms with Gasteiger partial charge < -0.3 is 14.5 Å². The fraction of sp³-hybridized carbons (Fsp3) is 0.533. The first kappa shape index (κ1) is 14.1. The lowest BCUT2D eigenvalue weighted by Crippen LogP contribution is -2.30. The molecule has 2 aromatic rings. The van der Waals surface area contributed by atoms with Crippen LogP contribution in [-0.4, -0.2) is 34.6 Å². The predicted octanol–water partition coefficient (Wildman–Crippen LogP) is 4.08. The Labute approximate surface area is 129 Å². The summed E-state index contributed by atoms with van der Waals surface area (Å²) < 4.78 is 2.97. The van der Waals surface area contributed by atoms with Crippen LogP contribution in [-0.2, 0) is 6.54 Å². The van der Waals surface area contributed by atoms with E-state index in [1.165, 1.54) is 32.4 Å². The van der Waals surface area contributed by atoms with E-state index in [1.807, 2.05) is 12.1 Å². The van der Waals surface area contributed by atoms with Gasteiger partial charge in [-0.25, -0.2) is 0 Å². The van der Waals surface area contributed by atoms with E-state index < -0.39 is 0 Å². The van der Waals surface area contributed by atoms with Gasteiger partial charge in [0.05, 0.1) is 16.1 Å². The SMILES string of the molecule is CN1CCC(CCn2c(=S)[nH]c3c(Cl)cccc32)CC1. The molecule has 2 heterocycles. The highest BCUT2D eigenvalue weighted by Crippen LogP contribution is 2.25. The van der Waals surface area contributed by atoms with Crippen LogP contribution in [0, 0.1) is 10.7 Å². The van der Waals surface area contributed by atoms with Crippen molar-refractivity contribution in [2.24, 2.45) is 5.92 Å². The summed E-state index contributed by atoms with van der Waals surface area (Å²) in [5, 5.41) is 0.742. The zero-order valence-electron chi connectivity index (χ0n) is 11.7. The van der Waals surface area contributed by atoms with Crippen molar-refractivity contribution in [1.82, 2.24) is 14.5 Å². The summed E-state index contributed by atoms with van der Waals surface area (Å²) in [6, 6.07) is 5.97. The molecule has 0 aliphatic carbocycles. The quantitative estimate of drug-likeness (QED) is 0.864. The van der Waals surface area contributed by atoms with Gasteiger partial charge in [-0.05, 0) is 69.7 Å². The molecule has 0 unspecified atom stereocenters. The molecule has 1 aliphatic heterocycles. The average Bonchev–Trinajstić information content (AvgIpc) is 2.76. The van der Waals surface area contributed by atoms with Gasteiger partial charge in [0.15, 0.2) is 4.77 Å². The third-order valence-corrected chi connectivity index (χ3v) is 5.00. The zero-order chi connectivity index (χ0) is 14.1. The van der Waals surface area contributed by atoms with E-state index in [0.29, 0.717) is 0 Å². The van der Waals surface area contributed by atoms with Crippen LogP contribution < -0.4 is 0 Å². The molecule has 108 valence electrons. The zero-order valence-corrected chi connectivity index (χ0v) is 13.3. The van der Waals surface area contributed by atoms with E-state index in [-0.39, 0.29) is 0 Å². The first-order valence-electron chi connectivity index (χ1n) is 7.20. The topological polar surface area (TPSA) is 24.0 Å². The highest BCUT2D eigenvalue weighted by Gasteiger charge is 2.17. The highest BCUT2D eigenvalue weighted by molar-refractivity contribution is 7.71. The Bertz CT molecular complexity index is 653. The number of aryl methyl sites for hydroxylation is 1. The second-order valence-corrected chi connectivity index (χ2v) is 6.54. The van der Waals surface area contributed by atoms with Crippen LogP contribution in [0.25, 0.3) is 11.0 Å². The fourth-order valence-electron chi connectivity index (χ4n) is 3.03. The second-order valence-electron chi connectivity index (χ2n) is 5.75.